The van der Waals surface area contributed by atoms with Gasteiger partial charge < -0.3 is 15.0 Å². The summed E-state index contributed by atoms with van der Waals surface area (Å²) in [7, 11) is 1.64. The lowest BCUT2D eigenvalue weighted by molar-refractivity contribution is 0.0952. The van der Waals surface area contributed by atoms with Crippen molar-refractivity contribution in [2.75, 3.05) is 13.7 Å². The predicted octanol–water partition coefficient (Wildman–Crippen LogP) is 1.85. The van der Waals surface area contributed by atoms with Crippen molar-refractivity contribution in [1.82, 2.24) is 10.3 Å². The summed E-state index contributed by atoms with van der Waals surface area (Å²) in [6.45, 7) is 0.743. The molecular weight excluding hydrogens is 216 g/mol. The average molecular weight is 230 g/mol. The number of amides is 1. The molecule has 0 atom stereocenters. The van der Waals surface area contributed by atoms with Gasteiger partial charge in [0.05, 0.1) is 12.6 Å². The smallest absolute Gasteiger partial charge is 0.268 e. The second-order valence-corrected chi connectivity index (χ2v) is 4.22. The quantitative estimate of drug-likeness (QED) is 0.785. The maximum atomic E-state index is 11.9. The van der Waals surface area contributed by atoms with Gasteiger partial charge in [0.2, 0.25) is 0 Å². The van der Waals surface area contributed by atoms with Crippen LogP contribution in [0, 0.1) is 0 Å². The van der Waals surface area contributed by atoms with Crippen LogP contribution in [0.2, 0.25) is 0 Å². The maximum Gasteiger partial charge on any atom is 0.268 e. The normalized spacial score (nSPS) is 15.2. The third kappa shape index (κ3) is 1.48. The van der Waals surface area contributed by atoms with Crippen molar-refractivity contribution >= 4 is 16.8 Å². The minimum Gasteiger partial charge on any atom is -0.495 e. The lowest BCUT2D eigenvalue weighted by atomic mass is 10.1. The number of aromatic nitrogens is 1. The summed E-state index contributed by atoms with van der Waals surface area (Å²) >= 11 is 0. The van der Waals surface area contributed by atoms with Crippen LogP contribution in [-0.4, -0.2) is 24.5 Å². The first kappa shape index (κ1) is 10.2. The second kappa shape index (κ2) is 3.80. The molecule has 1 aliphatic rings. The Kier molecular flexibility index (Phi) is 2.28. The Labute approximate surface area is 99.0 Å². The summed E-state index contributed by atoms with van der Waals surface area (Å²) in [5.41, 5.74) is 2.70. The van der Waals surface area contributed by atoms with Crippen molar-refractivity contribution in [2.24, 2.45) is 0 Å². The number of aryl methyl sites for hydroxylation is 1. The van der Waals surface area contributed by atoms with E-state index in [0.717, 1.165) is 41.6 Å². The molecule has 4 heteroatoms. The highest BCUT2D eigenvalue weighted by Gasteiger charge is 2.21. The van der Waals surface area contributed by atoms with E-state index in [2.05, 4.69) is 10.3 Å². The van der Waals surface area contributed by atoms with E-state index >= 15 is 0 Å². The molecule has 2 heterocycles. The first-order valence-electron chi connectivity index (χ1n) is 5.77. The van der Waals surface area contributed by atoms with Gasteiger partial charge >= 0.3 is 0 Å². The lowest BCUT2D eigenvalue weighted by Crippen LogP contribution is -2.22. The number of hydrogen-bond acceptors (Lipinski definition) is 2. The standard InChI is InChI=1S/C13H14N2O2/c1-17-10-6-2-4-8-9-5-3-7-14-13(16)12(9)15-11(8)10/h2,4,6,15H,3,5,7H2,1H3,(H,14,16). The topological polar surface area (TPSA) is 54.1 Å². The molecule has 0 spiro atoms. The number of aromatic amines is 1. The van der Waals surface area contributed by atoms with E-state index in [1.165, 1.54) is 0 Å². The molecule has 0 fully saturated rings. The molecule has 3 rings (SSSR count). The Morgan fingerprint density at radius 3 is 3.06 bits per heavy atom. The molecule has 1 aliphatic heterocycles. The number of carbonyl (C=O) groups excluding carboxylic acids is 1. The maximum absolute atomic E-state index is 11.9. The molecule has 0 radical (unpaired) electrons. The molecule has 1 aromatic carbocycles. The zero-order valence-corrected chi connectivity index (χ0v) is 9.67. The van der Waals surface area contributed by atoms with Crippen LogP contribution in [0.25, 0.3) is 10.9 Å². The van der Waals surface area contributed by atoms with Crippen molar-refractivity contribution in [1.29, 1.82) is 0 Å². The van der Waals surface area contributed by atoms with Gasteiger partial charge in [-0.1, -0.05) is 12.1 Å². The Bertz CT molecular complexity index is 586. The Morgan fingerprint density at radius 2 is 2.24 bits per heavy atom. The summed E-state index contributed by atoms with van der Waals surface area (Å²) in [4.78, 5) is 15.1. The zero-order valence-electron chi connectivity index (χ0n) is 9.67. The molecule has 2 aromatic rings. The van der Waals surface area contributed by atoms with Crippen LogP contribution in [0.3, 0.4) is 0 Å². The van der Waals surface area contributed by atoms with E-state index < -0.39 is 0 Å². The molecule has 0 bridgehead atoms. The highest BCUT2D eigenvalue weighted by Crippen LogP contribution is 2.31. The van der Waals surface area contributed by atoms with Crippen LogP contribution in [0.4, 0.5) is 0 Å². The zero-order chi connectivity index (χ0) is 11.8. The van der Waals surface area contributed by atoms with Gasteiger partial charge in [-0.15, -0.1) is 0 Å². The second-order valence-electron chi connectivity index (χ2n) is 4.22. The number of fused-ring (bicyclic) bond motifs is 3. The van der Waals surface area contributed by atoms with E-state index in [1.54, 1.807) is 7.11 Å². The number of para-hydroxylation sites is 1. The van der Waals surface area contributed by atoms with Crippen molar-refractivity contribution < 1.29 is 9.53 Å². The van der Waals surface area contributed by atoms with Gasteiger partial charge in [0.1, 0.15) is 11.4 Å². The molecule has 1 amide bonds. The van der Waals surface area contributed by atoms with E-state index in [1.807, 2.05) is 18.2 Å². The number of H-pyrrole nitrogens is 1. The van der Waals surface area contributed by atoms with E-state index in [0.29, 0.717) is 5.69 Å². The number of ether oxygens (including phenoxy) is 1. The van der Waals surface area contributed by atoms with Crippen LogP contribution in [0.5, 0.6) is 5.75 Å². The van der Waals surface area contributed by atoms with Crippen molar-refractivity contribution in [3.8, 4) is 5.75 Å². The molecule has 17 heavy (non-hydrogen) atoms. The Balaban J connectivity index is 2.30. The molecule has 0 saturated heterocycles. The number of rotatable bonds is 1. The summed E-state index contributed by atoms with van der Waals surface area (Å²) in [5, 5.41) is 3.98. The summed E-state index contributed by atoms with van der Waals surface area (Å²) in [5.74, 6) is 0.763. The fraction of sp³-hybridized carbons (Fsp3) is 0.308. The largest absolute Gasteiger partial charge is 0.495 e. The summed E-state index contributed by atoms with van der Waals surface area (Å²) in [6, 6.07) is 5.89. The molecule has 2 N–H and O–H groups in total. The third-order valence-electron chi connectivity index (χ3n) is 3.24. The van der Waals surface area contributed by atoms with Crippen LogP contribution < -0.4 is 10.1 Å². The van der Waals surface area contributed by atoms with Gasteiger partial charge in [0, 0.05) is 11.9 Å². The molecule has 0 unspecified atom stereocenters. The minimum atomic E-state index is -0.0178. The molecule has 1 aromatic heterocycles. The van der Waals surface area contributed by atoms with E-state index in [9.17, 15) is 4.79 Å². The summed E-state index contributed by atoms with van der Waals surface area (Å²) < 4.78 is 5.31. The number of carbonyl (C=O) groups is 1. The van der Waals surface area contributed by atoms with Gasteiger partial charge in [-0.05, 0) is 24.5 Å². The number of hydrogen-bond donors (Lipinski definition) is 2. The molecule has 0 saturated carbocycles. The first-order valence-corrected chi connectivity index (χ1v) is 5.77. The van der Waals surface area contributed by atoms with E-state index in [4.69, 9.17) is 4.74 Å². The van der Waals surface area contributed by atoms with Crippen LogP contribution in [-0.2, 0) is 6.42 Å². The van der Waals surface area contributed by atoms with Crippen molar-refractivity contribution in [2.45, 2.75) is 12.8 Å². The van der Waals surface area contributed by atoms with Gasteiger partial charge in [0.15, 0.2) is 0 Å². The van der Waals surface area contributed by atoms with Gasteiger partial charge in [-0.25, -0.2) is 0 Å². The highest BCUT2D eigenvalue weighted by atomic mass is 16.5. The number of methoxy groups -OCH3 is 1. The SMILES string of the molecule is COc1cccc2c3c([nH]c12)C(=O)NCCC3. The molecular formula is C13H14N2O2. The van der Waals surface area contributed by atoms with Crippen molar-refractivity contribution in [3.63, 3.8) is 0 Å². The van der Waals surface area contributed by atoms with Gasteiger partial charge in [-0.3, -0.25) is 4.79 Å². The van der Waals surface area contributed by atoms with Crippen LogP contribution in [0.15, 0.2) is 18.2 Å². The van der Waals surface area contributed by atoms with Gasteiger partial charge in [0.25, 0.3) is 5.91 Å². The van der Waals surface area contributed by atoms with Crippen LogP contribution >= 0.6 is 0 Å². The summed E-state index contributed by atoms with van der Waals surface area (Å²) in [6.07, 6.45) is 1.89. The number of nitrogens with one attached hydrogen (secondary N) is 2. The van der Waals surface area contributed by atoms with Gasteiger partial charge in [-0.2, -0.15) is 0 Å². The predicted molar refractivity (Wildman–Crippen MR) is 65.5 cm³/mol. The molecule has 0 aliphatic carbocycles. The van der Waals surface area contributed by atoms with E-state index in [-0.39, 0.29) is 5.91 Å². The van der Waals surface area contributed by atoms with Crippen molar-refractivity contribution in [3.05, 3.63) is 29.5 Å². The third-order valence-corrected chi connectivity index (χ3v) is 3.24. The van der Waals surface area contributed by atoms with Crippen LogP contribution in [0.1, 0.15) is 22.5 Å². The first-order chi connectivity index (χ1) is 8.31. The fourth-order valence-corrected chi connectivity index (χ4v) is 2.43. The fourth-order valence-electron chi connectivity index (χ4n) is 2.43. The highest BCUT2D eigenvalue weighted by molar-refractivity contribution is 6.02. The Hall–Kier alpha value is -1.97. The monoisotopic (exact) mass is 230 g/mol. The Morgan fingerprint density at radius 1 is 1.35 bits per heavy atom. The average Bonchev–Trinajstić information content (AvgIpc) is 2.63. The molecule has 88 valence electrons. The lowest BCUT2D eigenvalue weighted by Gasteiger charge is -2.01. The minimum absolute atomic E-state index is 0.0178. The molecule has 4 nitrogen and oxygen atoms in total. The number of benzene rings is 1.